The predicted molar refractivity (Wildman–Crippen MR) is 71.0 cm³/mol. The van der Waals surface area contributed by atoms with Crippen molar-refractivity contribution in [2.45, 2.75) is 12.5 Å². The molecule has 7 nitrogen and oxygen atoms in total. The maximum absolute atomic E-state index is 11.5. The van der Waals surface area contributed by atoms with E-state index in [4.69, 9.17) is 10.4 Å². The number of hydrogen-bond acceptors (Lipinski definition) is 6. The second-order valence-electron chi connectivity index (χ2n) is 4.59. The Hall–Kier alpha value is -2.14. The molecule has 1 fully saturated rings. The second kappa shape index (κ2) is 5.46. The summed E-state index contributed by atoms with van der Waals surface area (Å²) in [5.74, 6) is -1.06. The molecule has 1 N–H and O–H groups in total. The zero-order chi connectivity index (χ0) is 14.8. The molecule has 1 aromatic heterocycles. The van der Waals surface area contributed by atoms with Gasteiger partial charge >= 0.3 is 5.97 Å². The van der Waals surface area contributed by atoms with Crippen molar-refractivity contribution < 1.29 is 18.3 Å². The van der Waals surface area contributed by atoms with Crippen LogP contribution in [0.5, 0.6) is 0 Å². The topological polar surface area (TPSA) is 111 Å². The molecule has 1 atom stereocenters. The van der Waals surface area contributed by atoms with E-state index in [2.05, 4.69) is 4.98 Å². The number of carboxylic acids is 1. The van der Waals surface area contributed by atoms with Crippen LogP contribution in [0.15, 0.2) is 18.3 Å². The van der Waals surface area contributed by atoms with Gasteiger partial charge in [-0.1, -0.05) is 0 Å². The van der Waals surface area contributed by atoms with E-state index in [1.807, 2.05) is 6.07 Å². The Bertz CT molecular complexity index is 666. The molecule has 1 aliphatic heterocycles. The van der Waals surface area contributed by atoms with Gasteiger partial charge in [0.25, 0.3) is 0 Å². The molecule has 106 valence electrons. The fraction of sp³-hybridized carbons (Fsp3) is 0.417. The minimum absolute atomic E-state index is 0.0595. The van der Waals surface area contributed by atoms with E-state index in [1.165, 1.54) is 17.2 Å². The van der Waals surface area contributed by atoms with Crippen molar-refractivity contribution in [2.75, 3.05) is 23.0 Å². The van der Waals surface area contributed by atoms with Crippen molar-refractivity contribution in [1.29, 1.82) is 5.26 Å². The summed E-state index contributed by atoms with van der Waals surface area (Å²) >= 11 is 0. The van der Waals surface area contributed by atoms with Crippen LogP contribution in [-0.4, -0.2) is 48.6 Å². The first-order valence-electron chi connectivity index (χ1n) is 5.96. The van der Waals surface area contributed by atoms with Crippen molar-refractivity contribution in [1.82, 2.24) is 4.98 Å². The van der Waals surface area contributed by atoms with Crippen molar-refractivity contribution in [2.24, 2.45) is 0 Å². The van der Waals surface area contributed by atoms with Crippen LogP contribution in [0.25, 0.3) is 0 Å². The molecule has 20 heavy (non-hydrogen) atoms. The molecule has 0 radical (unpaired) electrons. The van der Waals surface area contributed by atoms with E-state index in [-0.39, 0.29) is 29.8 Å². The highest BCUT2D eigenvalue weighted by Crippen LogP contribution is 2.24. The van der Waals surface area contributed by atoms with Crippen LogP contribution in [0.1, 0.15) is 12.1 Å². The van der Waals surface area contributed by atoms with Gasteiger partial charge in [-0.2, -0.15) is 5.26 Å². The van der Waals surface area contributed by atoms with Gasteiger partial charge in [0.05, 0.1) is 11.5 Å². The largest absolute Gasteiger partial charge is 0.480 e. The number of hydrogen-bond donors (Lipinski definition) is 1. The monoisotopic (exact) mass is 295 g/mol. The number of carboxylic acid groups (broad SMARTS) is 1. The lowest BCUT2D eigenvalue weighted by molar-refractivity contribution is -0.135. The van der Waals surface area contributed by atoms with E-state index < -0.39 is 15.8 Å². The SMILES string of the molecule is N#Cc1cc(N(CC(=O)O)C2CCS(=O)(=O)C2)ccn1. The van der Waals surface area contributed by atoms with Crippen molar-refractivity contribution in [3.05, 3.63) is 24.0 Å². The van der Waals surface area contributed by atoms with Crippen LogP contribution < -0.4 is 4.90 Å². The summed E-state index contributed by atoms with van der Waals surface area (Å²) in [4.78, 5) is 16.3. The lowest BCUT2D eigenvalue weighted by Gasteiger charge is -2.28. The van der Waals surface area contributed by atoms with E-state index >= 15 is 0 Å². The Balaban J connectivity index is 2.32. The standard InChI is InChI=1S/C12H13N3O4S/c13-6-9-5-10(1-3-14-9)15(7-12(16)17)11-2-4-20(18,19)8-11/h1,3,5,11H,2,4,7-8H2,(H,16,17). The number of carbonyl (C=O) groups is 1. The quantitative estimate of drug-likeness (QED) is 0.834. The molecule has 0 aromatic carbocycles. The van der Waals surface area contributed by atoms with Gasteiger partial charge in [0, 0.05) is 17.9 Å². The molecule has 0 spiro atoms. The van der Waals surface area contributed by atoms with Crippen molar-refractivity contribution >= 4 is 21.5 Å². The van der Waals surface area contributed by atoms with E-state index in [0.29, 0.717) is 12.1 Å². The van der Waals surface area contributed by atoms with Gasteiger partial charge in [-0.25, -0.2) is 13.4 Å². The minimum atomic E-state index is -3.12. The summed E-state index contributed by atoms with van der Waals surface area (Å²) in [6.07, 6.45) is 1.80. The molecular formula is C12H13N3O4S. The number of anilines is 1. The van der Waals surface area contributed by atoms with Gasteiger partial charge in [-0.05, 0) is 18.6 Å². The minimum Gasteiger partial charge on any atom is -0.480 e. The Morgan fingerprint density at radius 3 is 2.90 bits per heavy atom. The van der Waals surface area contributed by atoms with E-state index in [0.717, 1.165) is 0 Å². The summed E-state index contributed by atoms with van der Waals surface area (Å²) in [5.41, 5.74) is 0.666. The Morgan fingerprint density at radius 2 is 2.35 bits per heavy atom. The van der Waals surface area contributed by atoms with Crippen LogP contribution in [-0.2, 0) is 14.6 Å². The molecule has 0 bridgehead atoms. The molecule has 0 saturated carbocycles. The maximum Gasteiger partial charge on any atom is 0.323 e. The van der Waals surface area contributed by atoms with Crippen molar-refractivity contribution in [3.63, 3.8) is 0 Å². The molecule has 0 aliphatic carbocycles. The van der Waals surface area contributed by atoms with E-state index in [9.17, 15) is 13.2 Å². The summed E-state index contributed by atoms with van der Waals surface area (Å²) in [6, 6.07) is 4.54. The fourth-order valence-corrected chi connectivity index (χ4v) is 3.99. The number of rotatable bonds is 4. The fourth-order valence-electron chi connectivity index (χ4n) is 2.26. The number of aromatic nitrogens is 1. The average Bonchev–Trinajstić information content (AvgIpc) is 2.76. The van der Waals surface area contributed by atoms with Gasteiger partial charge in [-0.3, -0.25) is 4.79 Å². The van der Waals surface area contributed by atoms with Crippen LogP contribution in [0.2, 0.25) is 0 Å². The van der Waals surface area contributed by atoms with Gasteiger partial charge in [0.2, 0.25) is 0 Å². The first kappa shape index (κ1) is 14.3. The molecule has 8 heteroatoms. The van der Waals surface area contributed by atoms with Crippen molar-refractivity contribution in [3.8, 4) is 6.07 Å². The summed E-state index contributed by atoms with van der Waals surface area (Å²) in [6.45, 7) is -0.310. The molecule has 2 rings (SSSR count). The van der Waals surface area contributed by atoms with Crippen LogP contribution in [0.3, 0.4) is 0 Å². The first-order valence-corrected chi connectivity index (χ1v) is 7.78. The van der Waals surface area contributed by atoms with Gasteiger partial charge in [0.1, 0.15) is 18.3 Å². The van der Waals surface area contributed by atoms with Crippen LogP contribution >= 0.6 is 0 Å². The van der Waals surface area contributed by atoms with Crippen LogP contribution in [0.4, 0.5) is 5.69 Å². The van der Waals surface area contributed by atoms with Gasteiger partial charge in [-0.15, -0.1) is 0 Å². The predicted octanol–water partition coefficient (Wildman–Crippen LogP) is 0.0314. The molecular weight excluding hydrogens is 282 g/mol. The highest BCUT2D eigenvalue weighted by molar-refractivity contribution is 7.91. The third-order valence-corrected chi connectivity index (χ3v) is 4.89. The third kappa shape index (κ3) is 3.24. The zero-order valence-corrected chi connectivity index (χ0v) is 11.4. The Labute approximate surface area is 116 Å². The number of nitriles is 1. The molecule has 1 unspecified atom stereocenters. The molecule has 1 saturated heterocycles. The second-order valence-corrected chi connectivity index (χ2v) is 6.82. The maximum atomic E-state index is 11.5. The number of sulfone groups is 1. The molecule has 0 amide bonds. The average molecular weight is 295 g/mol. The number of nitrogens with zero attached hydrogens (tertiary/aromatic N) is 3. The van der Waals surface area contributed by atoms with E-state index in [1.54, 1.807) is 6.07 Å². The number of aliphatic carboxylic acids is 1. The smallest absolute Gasteiger partial charge is 0.323 e. The zero-order valence-electron chi connectivity index (χ0n) is 10.6. The third-order valence-electron chi connectivity index (χ3n) is 3.14. The van der Waals surface area contributed by atoms with Gasteiger partial charge < -0.3 is 10.0 Å². The summed E-state index contributed by atoms with van der Waals surface area (Å²) < 4.78 is 23.1. The molecule has 1 aromatic rings. The molecule has 1 aliphatic rings. The molecule has 2 heterocycles. The first-order chi connectivity index (χ1) is 9.41. The number of pyridine rings is 1. The van der Waals surface area contributed by atoms with Gasteiger partial charge in [0.15, 0.2) is 9.84 Å². The van der Waals surface area contributed by atoms with Crippen LogP contribution in [0, 0.1) is 11.3 Å². The highest BCUT2D eigenvalue weighted by atomic mass is 32.2. The highest BCUT2D eigenvalue weighted by Gasteiger charge is 2.33. The summed E-state index contributed by atoms with van der Waals surface area (Å²) in [5, 5.41) is 17.8. The summed E-state index contributed by atoms with van der Waals surface area (Å²) in [7, 11) is -3.12. The Kier molecular flexibility index (Phi) is 3.90. The normalized spacial score (nSPS) is 20.2. The Morgan fingerprint density at radius 1 is 1.60 bits per heavy atom. The lowest BCUT2D eigenvalue weighted by atomic mass is 10.2. The lowest BCUT2D eigenvalue weighted by Crippen LogP contribution is -2.40.